The van der Waals surface area contributed by atoms with Crippen LogP contribution in [0.5, 0.6) is 0 Å². The van der Waals surface area contributed by atoms with Crippen molar-refractivity contribution < 1.29 is 4.79 Å². The molecule has 1 aromatic heterocycles. The third-order valence-electron chi connectivity index (χ3n) is 6.69. The Bertz CT molecular complexity index is 922. The number of anilines is 1. The molecule has 4 aliphatic carbocycles. The predicted molar refractivity (Wildman–Crippen MR) is 116 cm³/mol. The average molecular weight is 454 g/mol. The van der Waals surface area contributed by atoms with Crippen LogP contribution in [-0.4, -0.2) is 21.4 Å². The van der Waals surface area contributed by atoms with Gasteiger partial charge in [0.05, 0.1) is 16.6 Å². The number of rotatable bonds is 4. The van der Waals surface area contributed by atoms with Crippen molar-refractivity contribution in [2.45, 2.75) is 50.6 Å². The first-order chi connectivity index (χ1) is 13.9. The Balaban J connectivity index is 1.25. The van der Waals surface area contributed by atoms with Gasteiger partial charge in [0.1, 0.15) is 5.02 Å². The van der Waals surface area contributed by atoms with Crippen LogP contribution >= 0.6 is 34.8 Å². The van der Waals surface area contributed by atoms with Gasteiger partial charge in [-0.2, -0.15) is 5.10 Å². The fraction of sp³-hybridized carbons (Fsp3) is 0.524. The first kappa shape index (κ1) is 19.5. The monoisotopic (exact) mass is 452 g/mol. The summed E-state index contributed by atoms with van der Waals surface area (Å²) in [6.45, 7) is 0.481. The summed E-state index contributed by atoms with van der Waals surface area (Å²) in [5.41, 5.74) is 0.900. The zero-order chi connectivity index (χ0) is 20.2. The normalized spacial score (nSPS) is 29.8. The Morgan fingerprint density at radius 3 is 2.31 bits per heavy atom. The Kier molecular flexibility index (Phi) is 4.96. The average Bonchev–Trinajstić information content (AvgIpc) is 2.95. The third kappa shape index (κ3) is 3.97. The van der Waals surface area contributed by atoms with Gasteiger partial charge in [0.2, 0.25) is 0 Å². The quantitative estimate of drug-likeness (QED) is 0.598. The van der Waals surface area contributed by atoms with Crippen LogP contribution in [0.25, 0.3) is 0 Å². The van der Waals surface area contributed by atoms with E-state index in [-0.39, 0.29) is 11.6 Å². The standard InChI is InChI=1S/C21H23Cl3N4O/c22-16-2-1-12(6-17(16)23)10-28-11-18(24)19(27-28)25-20(29)26-21-7-13-3-14(8-21)5-15(4-13)9-21/h1-2,6,11,13-15H,3-5,7-10H2,(H2,25,26,27,29). The minimum absolute atomic E-state index is 0.0477. The van der Waals surface area contributed by atoms with Crippen molar-refractivity contribution in [3.05, 3.63) is 45.0 Å². The second-order valence-corrected chi connectivity index (χ2v) is 10.3. The molecule has 2 N–H and O–H groups in total. The van der Waals surface area contributed by atoms with Crippen molar-refractivity contribution in [1.82, 2.24) is 15.1 Å². The van der Waals surface area contributed by atoms with Gasteiger partial charge in [0, 0.05) is 11.7 Å². The number of amides is 2. The molecule has 4 saturated carbocycles. The van der Waals surface area contributed by atoms with E-state index in [0.717, 1.165) is 42.6 Å². The number of urea groups is 1. The molecule has 4 aliphatic rings. The zero-order valence-corrected chi connectivity index (χ0v) is 18.2. The van der Waals surface area contributed by atoms with E-state index in [2.05, 4.69) is 15.7 Å². The van der Waals surface area contributed by atoms with E-state index >= 15 is 0 Å². The Morgan fingerprint density at radius 2 is 1.69 bits per heavy atom. The highest BCUT2D eigenvalue weighted by molar-refractivity contribution is 6.42. The Labute approximate surface area is 185 Å². The second-order valence-electron chi connectivity index (χ2n) is 9.05. The molecular weight excluding hydrogens is 431 g/mol. The number of hydrogen-bond acceptors (Lipinski definition) is 2. The van der Waals surface area contributed by atoms with Crippen LogP contribution < -0.4 is 10.6 Å². The fourth-order valence-electron chi connectivity index (χ4n) is 6.03. The van der Waals surface area contributed by atoms with Crippen molar-refractivity contribution in [3.63, 3.8) is 0 Å². The molecule has 2 amide bonds. The van der Waals surface area contributed by atoms with Gasteiger partial charge >= 0.3 is 6.03 Å². The van der Waals surface area contributed by atoms with Gasteiger partial charge in [-0.25, -0.2) is 4.79 Å². The van der Waals surface area contributed by atoms with E-state index in [1.54, 1.807) is 23.0 Å². The molecule has 0 radical (unpaired) electrons. The molecule has 2 aromatic rings. The van der Waals surface area contributed by atoms with Gasteiger partial charge < -0.3 is 5.32 Å². The maximum absolute atomic E-state index is 12.7. The summed E-state index contributed by atoms with van der Waals surface area (Å²) in [7, 11) is 0. The molecule has 29 heavy (non-hydrogen) atoms. The maximum atomic E-state index is 12.7. The highest BCUT2D eigenvalue weighted by atomic mass is 35.5. The van der Waals surface area contributed by atoms with Gasteiger partial charge in [-0.3, -0.25) is 10.00 Å². The zero-order valence-electron chi connectivity index (χ0n) is 15.9. The highest BCUT2D eigenvalue weighted by Gasteiger charge is 2.51. The van der Waals surface area contributed by atoms with E-state index in [1.807, 2.05) is 6.07 Å². The van der Waals surface area contributed by atoms with E-state index in [9.17, 15) is 4.79 Å². The summed E-state index contributed by atoms with van der Waals surface area (Å²) < 4.78 is 1.68. The van der Waals surface area contributed by atoms with Gasteiger partial charge in [0.15, 0.2) is 5.82 Å². The van der Waals surface area contributed by atoms with Crippen LogP contribution in [0.4, 0.5) is 10.6 Å². The lowest BCUT2D eigenvalue weighted by Crippen LogP contribution is -2.60. The first-order valence-electron chi connectivity index (χ1n) is 10.1. The van der Waals surface area contributed by atoms with Crippen LogP contribution in [-0.2, 0) is 6.54 Å². The molecule has 5 nitrogen and oxygen atoms in total. The maximum Gasteiger partial charge on any atom is 0.320 e. The second kappa shape index (κ2) is 7.36. The fourth-order valence-corrected chi connectivity index (χ4v) is 6.55. The molecule has 154 valence electrons. The van der Waals surface area contributed by atoms with E-state index in [1.165, 1.54) is 19.3 Å². The van der Waals surface area contributed by atoms with E-state index in [0.29, 0.717) is 27.4 Å². The summed E-state index contributed by atoms with van der Waals surface area (Å²) in [6.07, 6.45) is 9.03. The molecule has 0 atom stereocenters. The van der Waals surface area contributed by atoms with Crippen molar-refractivity contribution in [2.75, 3.05) is 5.32 Å². The minimum Gasteiger partial charge on any atom is -0.332 e. The number of benzene rings is 1. The molecule has 0 aliphatic heterocycles. The van der Waals surface area contributed by atoms with E-state index in [4.69, 9.17) is 34.8 Å². The largest absolute Gasteiger partial charge is 0.332 e. The number of halogens is 3. The van der Waals surface area contributed by atoms with Gasteiger partial charge in [-0.1, -0.05) is 40.9 Å². The summed E-state index contributed by atoms with van der Waals surface area (Å²) in [6, 6.07) is 5.22. The number of hydrogen-bond donors (Lipinski definition) is 2. The van der Waals surface area contributed by atoms with Crippen LogP contribution in [0, 0.1) is 17.8 Å². The van der Waals surface area contributed by atoms with Crippen molar-refractivity contribution in [1.29, 1.82) is 0 Å². The SMILES string of the molecule is O=C(Nc1nn(Cc2ccc(Cl)c(Cl)c2)cc1Cl)NC12CC3CC(CC(C3)C1)C2. The molecular formula is C21H23Cl3N4O. The summed E-state index contributed by atoms with van der Waals surface area (Å²) in [5, 5.41) is 12.0. The molecule has 0 spiro atoms. The van der Waals surface area contributed by atoms with Crippen LogP contribution in [0.3, 0.4) is 0 Å². The lowest BCUT2D eigenvalue weighted by molar-refractivity contribution is -0.0127. The van der Waals surface area contributed by atoms with Crippen LogP contribution in [0.1, 0.15) is 44.1 Å². The molecule has 6 rings (SSSR count). The minimum atomic E-state index is -0.214. The number of nitrogens with zero attached hydrogens (tertiary/aromatic N) is 2. The van der Waals surface area contributed by atoms with Crippen LogP contribution in [0.2, 0.25) is 15.1 Å². The predicted octanol–water partition coefficient (Wildman–Crippen LogP) is 5.98. The van der Waals surface area contributed by atoms with Crippen molar-refractivity contribution >= 4 is 46.7 Å². The van der Waals surface area contributed by atoms with E-state index < -0.39 is 0 Å². The van der Waals surface area contributed by atoms with Crippen molar-refractivity contribution in [2.24, 2.45) is 17.8 Å². The third-order valence-corrected chi connectivity index (χ3v) is 7.71. The lowest BCUT2D eigenvalue weighted by atomic mass is 9.53. The number of aromatic nitrogens is 2. The highest BCUT2D eigenvalue weighted by Crippen LogP contribution is 2.55. The molecule has 1 heterocycles. The summed E-state index contributed by atoms with van der Waals surface area (Å²) in [5.74, 6) is 2.69. The molecule has 1 aromatic carbocycles. The number of carbonyl (C=O) groups is 1. The molecule has 4 fully saturated rings. The summed E-state index contributed by atoms with van der Waals surface area (Å²) >= 11 is 18.4. The van der Waals surface area contributed by atoms with Gasteiger partial charge in [0.25, 0.3) is 0 Å². The smallest absolute Gasteiger partial charge is 0.320 e. The molecule has 4 bridgehead atoms. The van der Waals surface area contributed by atoms with Gasteiger partial charge in [-0.05, 0) is 74.0 Å². The summed E-state index contributed by atoms with van der Waals surface area (Å²) in [4.78, 5) is 12.7. The topological polar surface area (TPSA) is 59.0 Å². The first-order valence-corrected chi connectivity index (χ1v) is 11.3. The number of carbonyl (C=O) groups excluding carboxylic acids is 1. The van der Waals surface area contributed by atoms with Gasteiger partial charge in [-0.15, -0.1) is 0 Å². The lowest BCUT2D eigenvalue weighted by Gasteiger charge is -2.56. The van der Waals surface area contributed by atoms with Crippen LogP contribution in [0.15, 0.2) is 24.4 Å². The molecule has 8 heteroatoms. The number of nitrogens with one attached hydrogen (secondary N) is 2. The Hall–Kier alpha value is -1.43. The molecule has 0 saturated heterocycles. The Morgan fingerprint density at radius 1 is 1.03 bits per heavy atom. The molecule has 0 unspecified atom stereocenters. The van der Waals surface area contributed by atoms with Crippen molar-refractivity contribution in [3.8, 4) is 0 Å².